The van der Waals surface area contributed by atoms with Crippen molar-refractivity contribution in [2.24, 2.45) is 5.92 Å². The summed E-state index contributed by atoms with van der Waals surface area (Å²) in [7, 11) is 0. The number of rotatable bonds is 3. The highest BCUT2D eigenvalue weighted by molar-refractivity contribution is 5.60. The van der Waals surface area contributed by atoms with Gasteiger partial charge in [-0.05, 0) is 56.5 Å². The Morgan fingerprint density at radius 2 is 1.96 bits per heavy atom. The van der Waals surface area contributed by atoms with Crippen molar-refractivity contribution >= 4 is 0 Å². The zero-order valence-corrected chi connectivity index (χ0v) is 14.2. The molecule has 3 unspecified atom stereocenters. The zero-order chi connectivity index (χ0) is 17.4. The van der Waals surface area contributed by atoms with Gasteiger partial charge in [-0.3, -0.25) is 0 Å². The lowest BCUT2D eigenvalue weighted by Crippen LogP contribution is -2.49. The van der Waals surface area contributed by atoms with Gasteiger partial charge >= 0.3 is 0 Å². The van der Waals surface area contributed by atoms with Gasteiger partial charge < -0.3 is 9.64 Å². The average Bonchev–Trinajstić information content (AvgIpc) is 2.62. The number of nitrogens with zero attached hydrogens (tertiary/aromatic N) is 3. The number of halogens is 2. The van der Waals surface area contributed by atoms with Crippen molar-refractivity contribution in [3.05, 3.63) is 41.5 Å². The molecule has 2 fully saturated rings. The van der Waals surface area contributed by atoms with Crippen LogP contribution < -0.4 is 4.74 Å². The second kappa shape index (κ2) is 6.67. The molecular weight excluding hydrogens is 324 g/mol. The van der Waals surface area contributed by atoms with Crippen LogP contribution in [0.2, 0.25) is 0 Å². The van der Waals surface area contributed by atoms with Crippen LogP contribution in [-0.4, -0.2) is 40.8 Å². The standard InChI is InChI=1S/C19H21F2N3O/c1-12-9-16(21)14(10-15(12)20)17-4-5-19(23-22-17)25-18-6-8-24-7-2-3-13(18)11-24/h4-5,9-10,13,18H,2-3,6-8,11H2,1H3. The number of piperidine rings is 2. The lowest BCUT2D eigenvalue weighted by Gasteiger charge is -2.42. The van der Waals surface area contributed by atoms with Gasteiger partial charge in [0, 0.05) is 30.6 Å². The maximum absolute atomic E-state index is 14.1. The number of aromatic nitrogens is 2. The molecule has 25 heavy (non-hydrogen) atoms. The van der Waals surface area contributed by atoms with E-state index in [9.17, 15) is 8.78 Å². The highest BCUT2D eigenvalue weighted by Gasteiger charge is 2.33. The minimum absolute atomic E-state index is 0.114. The molecule has 2 saturated heterocycles. The molecule has 4 rings (SSSR count). The first-order valence-corrected chi connectivity index (χ1v) is 8.79. The molecule has 6 heteroatoms. The lowest BCUT2D eigenvalue weighted by atomic mass is 9.87. The Kier molecular flexibility index (Phi) is 4.37. The SMILES string of the molecule is Cc1cc(F)c(-c2ccc(OC3CCN4CCCC3C4)nn2)cc1F. The number of hydrogen-bond donors (Lipinski definition) is 0. The summed E-state index contributed by atoms with van der Waals surface area (Å²) in [4.78, 5) is 2.48. The first-order valence-electron chi connectivity index (χ1n) is 8.79. The number of aryl methyl sites for hydroxylation is 1. The van der Waals surface area contributed by atoms with Crippen LogP contribution in [0.1, 0.15) is 24.8 Å². The van der Waals surface area contributed by atoms with Gasteiger partial charge in [0.25, 0.3) is 0 Å². The molecule has 2 aliphatic rings. The molecule has 0 aliphatic carbocycles. The first kappa shape index (κ1) is 16.4. The number of fused-ring (bicyclic) bond motifs is 2. The second-order valence-electron chi connectivity index (χ2n) is 6.99. The van der Waals surface area contributed by atoms with E-state index in [2.05, 4.69) is 15.1 Å². The highest BCUT2D eigenvalue weighted by atomic mass is 19.1. The predicted molar refractivity (Wildman–Crippen MR) is 90.3 cm³/mol. The van der Waals surface area contributed by atoms with Crippen LogP contribution in [-0.2, 0) is 0 Å². The van der Waals surface area contributed by atoms with Crippen molar-refractivity contribution < 1.29 is 13.5 Å². The van der Waals surface area contributed by atoms with Crippen LogP contribution in [0.3, 0.4) is 0 Å². The quantitative estimate of drug-likeness (QED) is 0.852. The molecule has 3 atom stereocenters. The van der Waals surface area contributed by atoms with E-state index in [1.807, 2.05) is 0 Å². The Morgan fingerprint density at radius 3 is 2.76 bits per heavy atom. The summed E-state index contributed by atoms with van der Waals surface area (Å²) in [5.41, 5.74) is 0.687. The van der Waals surface area contributed by atoms with Crippen LogP contribution in [0, 0.1) is 24.5 Å². The van der Waals surface area contributed by atoms with Gasteiger partial charge in [-0.25, -0.2) is 8.78 Å². The van der Waals surface area contributed by atoms with Gasteiger partial charge in [0.1, 0.15) is 17.7 Å². The van der Waals surface area contributed by atoms with E-state index < -0.39 is 11.6 Å². The Bertz CT molecular complexity index is 766. The van der Waals surface area contributed by atoms with Gasteiger partial charge in [0.05, 0.1) is 5.69 Å². The topological polar surface area (TPSA) is 38.2 Å². The van der Waals surface area contributed by atoms with Crippen molar-refractivity contribution in [1.29, 1.82) is 0 Å². The van der Waals surface area contributed by atoms with Crippen molar-refractivity contribution in [2.45, 2.75) is 32.3 Å². The molecule has 2 bridgehead atoms. The number of hydrogen-bond acceptors (Lipinski definition) is 4. The molecule has 3 heterocycles. The summed E-state index contributed by atoms with van der Waals surface area (Å²) >= 11 is 0. The molecule has 4 nitrogen and oxygen atoms in total. The molecule has 0 saturated carbocycles. The monoisotopic (exact) mass is 345 g/mol. The van der Waals surface area contributed by atoms with Crippen molar-refractivity contribution in [3.8, 4) is 17.1 Å². The smallest absolute Gasteiger partial charge is 0.233 e. The summed E-state index contributed by atoms with van der Waals surface area (Å²) in [6.07, 6.45) is 3.55. The average molecular weight is 345 g/mol. The lowest BCUT2D eigenvalue weighted by molar-refractivity contribution is 0.0123. The van der Waals surface area contributed by atoms with E-state index in [4.69, 9.17) is 4.74 Å². The fourth-order valence-electron chi connectivity index (χ4n) is 3.82. The summed E-state index contributed by atoms with van der Waals surface area (Å²) in [6, 6.07) is 5.65. The molecule has 0 spiro atoms. The first-order chi connectivity index (χ1) is 12.1. The van der Waals surface area contributed by atoms with Crippen molar-refractivity contribution in [3.63, 3.8) is 0 Å². The summed E-state index contributed by atoms with van der Waals surface area (Å²) < 4.78 is 33.8. The van der Waals surface area contributed by atoms with E-state index >= 15 is 0 Å². The van der Waals surface area contributed by atoms with Crippen LogP contribution in [0.25, 0.3) is 11.3 Å². The molecular formula is C19H21F2N3O. The van der Waals surface area contributed by atoms with E-state index in [1.54, 1.807) is 12.1 Å². The van der Waals surface area contributed by atoms with Gasteiger partial charge in [-0.15, -0.1) is 10.2 Å². The van der Waals surface area contributed by atoms with Crippen molar-refractivity contribution in [2.75, 3.05) is 19.6 Å². The Hall–Kier alpha value is -2.08. The fraction of sp³-hybridized carbons (Fsp3) is 0.474. The molecule has 0 radical (unpaired) electrons. The predicted octanol–water partition coefficient (Wildman–Crippen LogP) is 3.59. The van der Waals surface area contributed by atoms with E-state index in [-0.39, 0.29) is 17.2 Å². The highest BCUT2D eigenvalue weighted by Crippen LogP contribution is 2.30. The zero-order valence-electron chi connectivity index (χ0n) is 14.2. The molecule has 1 aromatic carbocycles. The van der Waals surface area contributed by atoms with E-state index in [1.165, 1.54) is 32.4 Å². The Morgan fingerprint density at radius 1 is 1.08 bits per heavy atom. The van der Waals surface area contributed by atoms with Gasteiger partial charge in [-0.1, -0.05) is 0 Å². The third-order valence-corrected chi connectivity index (χ3v) is 5.23. The Balaban J connectivity index is 1.50. The van der Waals surface area contributed by atoms with Gasteiger partial charge in [0.2, 0.25) is 5.88 Å². The summed E-state index contributed by atoms with van der Waals surface area (Å²) in [5, 5.41) is 8.11. The van der Waals surface area contributed by atoms with Crippen molar-refractivity contribution in [1.82, 2.24) is 15.1 Å². The summed E-state index contributed by atoms with van der Waals surface area (Å²) in [6.45, 7) is 4.86. The Labute approximate surface area is 145 Å². The normalized spacial score (nSPS) is 25.6. The third-order valence-electron chi connectivity index (χ3n) is 5.23. The van der Waals surface area contributed by atoms with Gasteiger partial charge in [-0.2, -0.15) is 0 Å². The second-order valence-corrected chi connectivity index (χ2v) is 6.99. The fourth-order valence-corrected chi connectivity index (χ4v) is 3.82. The molecule has 2 aliphatic heterocycles. The van der Waals surface area contributed by atoms with Crippen LogP contribution in [0.15, 0.2) is 24.3 Å². The van der Waals surface area contributed by atoms with E-state index in [0.29, 0.717) is 17.5 Å². The molecule has 2 aromatic rings. The maximum Gasteiger partial charge on any atom is 0.233 e. The molecule has 0 amide bonds. The maximum atomic E-state index is 14.1. The number of benzene rings is 1. The van der Waals surface area contributed by atoms with Crippen LogP contribution in [0.4, 0.5) is 8.78 Å². The minimum Gasteiger partial charge on any atom is -0.473 e. The van der Waals surface area contributed by atoms with Crippen LogP contribution >= 0.6 is 0 Å². The van der Waals surface area contributed by atoms with Crippen LogP contribution in [0.5, 0.6) is 5.88 Å². The van der Waals surface area contributed by atoms with E-state index in [0.717, 1.165) is 25.6 Å². The third kappa shape index (κ3) is 3.35. The minimum atomic E-state index is -0.503. The molecule has 0 N–H and O–H groups in total. The number of ether oxygens (including phenoxy) is 1. The molecule has 1 aromatic heterocycles. The van der Waals surface area contributed by atoms with Gasteiger partial charge in [0.15, 0.2) is 0 Å². The molecule has 132 valence electrons. The summed E-state index contributed by atoms with van der Waals surface area (Å²) in [5.74, 6) is 0.0208. The largest absolute Gasteiger partial charge is 0.473 e.